The fourth-order valence-corrected chi connectivity index (χ4v) is 2.99. The molecule has 1 aromatic rings. The minimum Gasteiger partial charge on any atom is -0.497 e. The standard InChI is InChI=1S/C17H26N2O4/c1-12-10-19(11-13(2)23-12)6-5-17(20)18-14-7-15(21-3)9-16(8-14)22-4/h7-9,12-13H,5-6,10-11H2,1-4H3,(H,18,20)/p+1/t12-,13-/m0/s1. The maximum atomic E-state index is 12.2. The lowest BCUT2D eigenvalue weighted by molar-refractivity contribution is -0.914. The molecule has 2 atom stereocenters. The Kier molecular flexibility index (Phi) is 6.24. The van der Waals surface area contributed by atoms with Gasteiger partial charge in [-0.2, -0.15) is 0 Å². The van der Waals surface area contributed by atoms with Crippen molar-refractivity contribution in [1.29, 1.82) is 0 Å². The number of carbonyl (C=O) groups is 1. The molecule has 1 aliphatic heterocycles. The summed E-state index contributed by atoms with van der Waals surface area (Å²) in [6.07, 6.45) is 0.979. The van der Waals surface area contributed by atoms with Crippen LogP contribution in [0.25, 0.3) is 0 Å². The van der Waals surface area contributed by atoms with Gasteiger partial charge >= 0.3 is 0 Å². The van der Waals surface area contributed by atoms with Crippen LogP contribution in [0, 0.1) is 0 Å². The van der Waals surface area contributed by atoms with Crippen molar-refractivity contribution in [1.82, 2.24) is 0 Å². The van der Waals surface area contributed by atoms with E-state index in [0.717, 1.165) is 19.6 Å². The van der Waals surface area contributed by atoms with E-state index in [2.05, 4.69) is 19.2 Å². The van der Waals surface area contributed by atoms with Crippen LogP contribution >= 0.6 is 0 Å². The number of hydrogen-bond acceptors (Lipinski definition) is 4. The predicted octanol–water partition coefficient (Wildman–Crippen LogP) is 0.725. The zero-order chi connectivity index (χ0) is 16.8. The lowest BCUT2D eigenvalue weighted by Gasteiger charge is -2.32. The Labute approximate surface area is 137 Å². The summed E-state index contributed by atoms with van der Waals surface area (Å²) >= 11 is 0. The number of quaternary nitrogens is 1. The number of ether oxygens (including phenoxy) is 3. The molecule has 1 aliphatic rings. The van der Waals surface area contributed by atoms with Crippen LogP contribution in [0.5, 0.6) is 11.5 Å². The highest BCUT2D eigenvalue weighted by atomic mass is 16.5. The summed E-state index contributed by atoms with van der Waals surface area (Å²) in [5.74, 6) is 1.31. The first kappa shape index (κ1) is 17.6. The fraction of sp³-hybridized carbons (Fsp3) is 0.588. The number of amides is 1. The second-order valence-electron chi connectivity index (χ2n) is 6.07. The highest BCUT2D eigenvalue weighted by Gasteiger charge is 2.25. The maximum Gasteiger partial charge on any atom is 0.230 e. The average Bonchev–Trinajstić information content (AvgIpc) is 2.51. The Hall–Kier alpha value is -1.79. The Morgan fingerprint density at radius 2 is 1.74 bits per heavy atom. The van der Waals surface area contributed by atoms with E-state index in [0.29, 0.717) is 23.6 Å². The molecule has 2 N–H and O–H groups in total. The Morgan fingerprint density at radius 1 is 1.17 bits per heavy atom. The smallest absolute Gasteiger partial charge is 0.230 e. The third kappa shape index (κ3) is 5.41. The molecule has 1 saturated heterocycles. The average molecular weight is 323 g/mol. The number of methoxy groups -OCH3 is 2. The van der Waals surface area contributed by atoms with Gasteiger partial charge in [0.1, 0.15) is 36.8 Å². The number of rotatable bonds is 6. The zero-order valence-electron chi connectivity index (χ0n) is 14.3. The van der Waals surface area contributed by atoms with Crippen LogP contribution in [0.15, 0.2) is 18.2 Å². The van der Waals surface area contributed by atoms with Crippen LogP contribution in [0.3, 0.4) is 0 Å². The highest BCUT2D eigenvalue weighted by Crippen LogP contribution is 2.25. The number of morpholine rings is 1. The second-order valence-corrected chi connectivity index (χ2v) is 6.07. The van der Waals surface area contributed by atoms with E-state index in [-0.39, 0.29) is 18.1 Å². The van der Waals surface area contributed by atoms with Crippen molar-refractivity contribution in [2.45, 2.75) is 32.5 Å². The normalized spacial score (nSPS) is 24.1. The van der Waals surface area contributed by atoms with Crippen LogP contribution in [-0.2, 0) is 9.53 Å². The van der Waals surface area contributed by atoms with E-state index >= 15 is 0 Å². The van der Waals surface area contributed by atoms with E-state index in [4.69, 9.17) is 14.2 Å². The topological polar surface area (TPSA) is 61.2 Å². The fourth-order valence-electron chi connectivity index (χ4n) is 2.99. The van der Waals surface area contributed by atoms with Crippen molar-refractivity contribution in [2.75, 3.05) is 39.2 Å². The van der Waals surface area contributed by atoms with Gasteiger partial charge in [-0.15, -0.1) is 0 Å². The summed E-state index contributed by atoms with van der Waals surface area (Å²) in [4.78, 5) is 13.6. The quantitative estimate of drug-likeness (QED) is 0.810. The molecule has 1 heterocycles. The van der Waals surface area contributed by atoms with E-state index in [1.54, 1.807) is 32.4 Å². The zero-order valence-corrected chi connectivity index (χ0v) is 14.3. The van der Waals surface area contributed by atoms with E-state index in [1.807, 2.05) is 0 Å². The van der Waals surface area contributed by atoms with Gasteiger partial charge in [-0.25, -0.2) is 0 Å². The largest absolute Gasteiger partial charge is 0.497 e. The van der Waals surface area contributed by atoms with Crippen LogP contribution in [0.2, 0.25) is 0 Å². The molecule has 0 saturated carbocycles. The molecule has 2 rings (SSSR count). The molecule has 23 heavy (non-hydrogen) atoms. The van der Waals surface area contributed by atoms with Crippen molar-refractivity contribution in [3.63, 3.8) is 0 Å². The van der Waals surface area contributed by atoms with Gasteiger partial charge in [-0.1, -0.05) is 0 Å². The molecular formula is C17H27N2O4+. The Bertz CT molecular complexity index is 503. The van der Waals surface area contributed by atoms with E-state index in [1.165, 1.54) is 4.90 Å². The van der Waals surface area contributed by atoms with Gasteiger partial charge in [0, 0.05) is 23.9 Å². The molecule has 0 bridgehead atoms. The molecule has 1 amide bonds. The molecule has 6 heteroatoms. The van der Waals surface area contributed by atoms with Crippen LogP contribution in [-0.4, -0.2) is 52.0 Å². The van der Waals surface area contributed by atoms with Gasteiger partial charge in [0.15, 0.2) is 0 Å². The Balaban J connectivity index is 1.87. The van der Waals surface area contributed by atoms with Crippen molar-refractivity contribution in [3.8, 4) is 11.5 Å². The molecule has 1 aromatic carbocycles. The Morgan fingerprint density at radius 3 is 2.26 bits per heavy atom. The SMILES string of the molecule is COc1cc(NC(=O)CC[NH+]2C[C@H](C)O[C@@H](C)C2)cc(OC)c1. The third-order valence-corrected chi connectivity index (χ3v) is 3.96. The highest BCUT2D eigenvalue weighted by molar-refractivity contribution is 5.91. The summed E-state index contributed by atoms with van der Waals surface area (Å²) in [6.45, 7) is 6.87. The first-order valence-electron chi connectivity index (χ1n) is 8.02. The van der Waals surface area contributed by atoms with Gasteiger partial charge in [0.05, 0.1) is 27.2 Å². The third-order valence-electron chi connectivity index (χ3n) is 3.96. The van der Waals surface area contributed by atoms with Crippen LogP contribution in [0.1, 0.15) is 20.3 Å². The van der Waals surface area contributed by atoms with Crippen molar-refractivity contribution in [2.24, 2.45) is 0 Å². The van der Waals surface area contributed by atoms with Crippen molar-refractivity contribution in [3.05, 3.63) is 18.2 Å². The lowest BCUT2D eigenvalue weighted by Crippen LogP contribution is -3.15. The molecule has 0 radical (unpaired) electrons. The number of benzene rings is 1. The molecular weight excluding hydrogens is 296 g/mol. The van der Waals surface area contributed by atoms with Crippen LogP contribution in [0.4, 0.5) is 5.69 Å². The number of hydrogen-bond donors (Lipinski definition) is 2. The predicted molar refractivity (Wildman–Crippen MR) is 88.4 cm³/mol. The van der Waals surface area contributed by atoms with Crippen molar-refractivity contribution >= 4 is 11.6 Å². The van der Waals surface area contributed by atoms with Gasteiger partial charge in [0.2, 0.25) is 5.91 Å². The molecule has 1 fully saturated rings. The first-order valence-corrected chi connectivity index (χ1v) is 8.02. The van der Waals surface area contributed by atoms with Gasteiger partial charge < -0.3 is 24.4 Å². The monoisotopic (exact) mass is 323 g/mol. The number of carbonyl (C=O) groups excluding carboxylic acids is 1. The van der Waals surface area contributed by atoms with Crippen LogP contribution < -0.4 is 19.7 Å². The van der Waals surface area contributed by atoms with E-state index in [9.17, 15) is 4.79 Å². The van der Waals surface area contributed by atoms with Gasteiger partial charge in [-0.3, -0.25) is 4.79 Å². The first-order chi connectivity index (χ1) is 11.0. The molecule has 6 nitrogen and oxygen atoms in total. The minimum atomic E-state index is -0.000367. The molecule has 0 spiro atoms. The number of nitrogens with one attached hydrogen (secondary N) is 2. The molecule has 128 valence electrons. The summed E-state index contributed by atoms with van der Waals surface area (Å²) in [6, 6.07) is 5.34. The van der Waals surface area contributed by atoms with E-state index < -0.39 is 0 Å². The van der Waals surface area contributed by atoms with Gasteiger partial charge in [-0.05, 0) is 13.8 Å². The summed E-state index contributed by atoms with van der Waals surface area (Å²) in [7, 11) is 3.18. The summed E-state index contributed by atoms with van der Waals surface area (Å²) < 4.78 is 16.1. The second kappa shape index (κ2) is 8.17. The molecule has 0 aliphatic carbocycles. The van der Waals surface area contributed by atoms with Gasteiger partial charge in [0.25, 0.3) is 0 Å². The number of anilines is 1. The molecule has 0 aromatic heterocycles. The molecule has 0 unspecified atom stereocenters. The maximum absolute atomic E-state index is 12.2. The lowest BCUT2D eigenvalue weighted by atomic mass is 10.2. The minimum absolute atomic E-state index is 0.000367. The van der Waals surface area contributed by atoms with Crippen molar-refractivity contribution < 1.29 is 23.9 Å². The summed E-state index contributed by atoms with van der Waals surface area (Å²) in [5.41, 5.74) is 0.685. The summed E-state index contributed by atoms with van der Waals surface area (Å²) in [5, 5.41) is 2.91.